The zero-order valence-corrected chi connectivity index (χ0v) is 14.5. The van der Waals surface area contributed by atoms with Crippen molar-refractivity contribution in [3.63, 3.8) is 0 Å². The monoisotopic (exact) mass is 337 g/mol. The SMILES string of the molecule is COCO[C@H]1C[C@H]2/C=C/CCC[C@@H](C)OC(=O)[C@@H]3CC(=NO3)[C@@H]2C1. The van der Waals surface area contributed by atoms with Crippen molar-refractivity contribution < 1.29 is 23.8 Å². The number of ether oxygens (including phenoxy) is 3. The number of carbonyl (C=O) groups is 1. The van der Waals surface area contributed by atoms with Crippen molar-refractivity contribution in [2.45, 2.75) is 63.8 Å². The molecule has 0 unspecified atom stereocenters. The van der Waals surface area contributed by atoms with E-state index in [1.807, 2.05) is 6.92 Å². The molecule has 6 nitrogen and oxygen atoms in total. The number of oxime groups is 1. The predicted molar refractivity (Wildman–Crippen MR) is 88.4 cm³/mol. The molecule has 6 heteroatoms. The molecule has 5 atom stereocenters. The minimum absolute atomic E-state index is 0.0781. The van der Waals surface area contributed by atoms with Gasteiger partial charge in [0.15, 0.2) is 0 Å². The normalized spacial score (nSPS) is 38.0. The first kappa shape index (κ1) is 17.4. The van der Waals surface area contributed by atoms with Gasteiger partial charge in [0.1, 0.15) is 6.79 Å². The van der Waals surface area contributed by atoms with E-state index in [-0.39, 0.29) is 24.1 Å². The first-order valence-electron chi connectivity index (χ1n) is 8.87. The molecule has 1 aliphatic carbocycles. The fourth-order valence-corrected chi connectivity index (χ4v) is 3.79. The van der Waals surface area contributed by atoms with Gasteiger partial charge in [-0.05, 0) is 44.9 Å². The molecule has 0 aromatic carbocycles. The lowest BCUT2D eigenvalue weighted by Gasteiger charge is -2.15. The Balaban J connectivity index is 1.72. The lowest BCUT2D eigenvalue weighted by molar-refractivity contribution is -0.160. The number of rotatable bonds is 3. The molecule has 0 saturated heterocycles. The topological polar surface area (TPSA) is 66.4 Å². The Kier molecular flexibility index (Phi) is 5.89. The minimum Gasteiger partial charge on any atom is -0.460 e. The number of fused-ring (bicyclic) bond motifs is 4. The summed E-state index contributed by atoms with van der Waals surface area (Å²) in [5.74, 6) is 0.344. The summed E-state index contributed by atoms with van der Waals surface area (Å²) in [5, 5.41) is 4.21. The third-order valence-electron chi connectivity index (χ3n) is 5.05. The molecule has 2 aliphatic heterocycles. The van der Waals surface area contributed by atoms with Crippen LogP contribution in [0.15, 0.2) is 17.3 Å². The van der Waals surface area contributed by atoms with Crippen LogP contribution < -0.4 is 0 Å². The van der Waals surface area contributed by atoms with Crippen LogP contribution in [0.1, 0.15) is 45.4 Å². The van der Waals surface area contributed by atoms with Crippen molar-refractivity contribution in [1.29, 1.82) is 0 Å². The van der Waals surface area contributed by atoms with Crippen molar-refractivity contribution in [2.75, 3.05) is 13.9 Å². The maximum Gasteiger partial charge on any atom is 0.350 e. The number of nitrogens with zero attached hydrogens (tertiary/aromatic N) is 1. The molecular weight excluding hydrogens is 310 g/mol. The van der Waals surface area contributed by atoms with Gasteiger partial charge >= 0.3 is 5.97 Å². The number of methoxy groups -OCH3 is 1. The maximum absolute atomic E-state index is 12.2. The molecule has 3 rings (SSSR count). The Bertz CT molecular complexity index is 504. The Morgan fingerprint density at radius 1 is 1.38 bits per heavy atom. The Labute approximate surface area is 143 Å². The van der Waals surface area contributed by atoms with E-state index < -0.39 is 6.10 Å². The standard InChI is InChI=1S/C18H27NO5/c1-12-6-4-3-5-7-13-8-14(22-11-21-2)9-15(13)16-10-17(24-19-16)18(20)23-12/h5,7,12-15,17H,3-4,6,8-11H2,1-2H3/b7-5+/t12-,13-,14+,15-,17+/m1/s1. The number of hydrogen-bond donors (Lipinski definition) is 0. The quantitative estimate of drug-likeness (QED) is 0.450. The van der Waals surface area contributed by atoms with E-state index in [1.165, 1.54) is 0 Å². The van der Waals surface area contributed by atoms with Crippen LogP contribution in [0.25, 0.3) is 0 Å². The molecule has 0 aromatic heterocycles. The number of esters is 1. The molecule has 1 fully saturated rings. The summed E-state index contributed by atoms with van der Waals surface area (Å²) in [4.78, 5) is 17.6. The van der Waals surface area contributed by atoms with E-state index in [9.17, 15) is 4.79 Å². The van der Waals surface area contributed by atoms with Gasteiger partial charge in [-0.1, -0.05) is 17.3 Å². The Morgan fingerprint density at radius 3 is 3.08 bits per heavy atom. The lowest BCUT2D eigenvalue weighted by Crippen LogP contribution is -2.28. The molecule has 2 bridgehead atoms. The zero-order valence-electron chi connectivity index (χ0n) is 14.5. The van der Waals surface area contributed by atoms with Gasteiger partial charge in [-0.15, -0.1) is 0 Å². The van der Waals surface area contributed by atoms with E-state index in [0.29, 0.717) is 19.1 Å². The third-order valence-corrected chi connectivity index (χ3v) is 5.05. The second-order valence-corrected chi connectivity index (χ2v) is 6.92. The average molecular weight is 337 g/mol. The van der Waals surface area contributed by atoms with Gasteiger partial charge in [0, 0.05) is 19.4 Å². The highest BCUT2D eigenvalue weighted by Crippen LogP contribution is 2.38. The fraction of sp³-hybridized carbons (Fsp3) is 0.778. The molecular formula is C18H27NO5. The summed E-state index contributed by atoms with van der Waals surface area (Å²) in [7, 11) is 1.63. The van der Waals surface area contributed by atoms with Crippen molar-refractivity contribution >= 4 is 11.7 Å². The predicted octanol–water partition coefficient (Wildman–Crippen LogP) is 2.82. The van der Waals surface area contributed by atoms with Crippen LogP contribution in [-0.2, 0) is 23.8 Å². The van der Waals surface area contributed by atoms with E-state index >= 15 is 0 Å². The van der Waals surface area contributed by atoms with E-state index in [1.54, 1.807) is 7.11 Å². The van der Waals surface area contributed by atoms with E-state index in [2.05, 4.69) is 17.3 Å². The molecule has 0 radical (unpaired) electrons. The number of allylic oxidation sites excluding steroid dienone is 2. The minimum atomic E-state index is -0.591. The molecule has 0 amide bonds. The number of carbonyl (C=O) groups excluding carboxylic acids is 1. The molecule has 2 heterocycles. The van der Waals surface area contributed by atoms with Gasteiger partial charge in [-0.3, -0.25) is 0 Å². The van der Waals surface area contributed by atoms with Crippen molar-refractivity contribution in [3.8, 4) is 0 Å². The highest BCUT2D eigenvalue weighted by molar-refractivity contribution is 5.93. The van der Waals surface area contributed by atoms with Crippen LogP contribution in [0.3, 0.4) is 0 Å². The molecule has 0 spiro atoms. The van der Waals surface area contributed by atoms with Crippen LogP contribution in [0.2, 0.25) is 0 Å². The molecule has 24 heavy (non-hydrogen) atoms. The molecule has 0 N–H and O–H groups in total. The van der Waals surface area contributed by atoms with Gasteiger partial charge in [-0.2, -0.15) is 0 Å². The summed E-state index contributed by atoms with van der Waals surface area (Å²) >= 11 is 0. The van der Waals surface area contributed by atoms with Gasteiger partial charge < -0.3 is 19.0 Å². The van der Waals surface area contributed by atoms with Crippen molar-refractivity contribution in [2.24, 2.45) is 17.0 Å². The van der Waals surface area contributed by atoms with E-state index in [0.717, 1.165) is 37.8 Å². The number of cyclic esters (lactones) is 1. The third kappa shape index (κ3) is 4.16. The second kappa shape index (κ2) is 8.12. The lowest BCUT2D eigenvalue weighted by atomic mass is 9.88. The van der Waals surface area contributed by atoms with Crippen LogP contribution in [0.4, 0.5) is 0 Å². The van der Waals surface area contributed by atoms with Crippen LogP contribution in [0.5, 0.6) is 0 Å². The van der Waals surface area contributed by atoms with E-state index in [4.69, 9.17) is 19.0 Å². The molecule has 3 aliphatic rings. The summed E-state index contributed by atoms with van der Waals surface area (Å²) < 4.78 is 16.3. The number of hydrogen-bond acceptors (Lipinski definition) is 6. The largest absolute Gasteiger partial charge is 0.460 e. The first-order chi connectivity index (χ1) is 11.7. The smallest absolute Gasteiger partial charge is 0.350 e. The highest BCUT2D eigenvalue weighted by Gasteiger charge is 2.41. The van der Waals surface area contributed by atoms with Gasteiger partial charge in [0.2, 0.25) is 6.10 Å². The first-order valence-corrected chi connectivity index (χ1v) is 8.87. The van der Waals surface area contributed by atoms with Gasteiger partial charge in [0.25, 0.3) is 0 Å². The van der Waals surface area contributed by atoms with Gasteiger partial charge in [0.05, 0.1) is 17.9 Å². The highest BCUT2D eigenvalue weighted by atomic mass is 16.7. The van der Waals surface area contributed by atoms with Gasteiger partial charge in [-0.25, -0.2) is 4.79 Å². The Hall–Kier alpha value is -1.40. The second-order valence-electron chi connectivity index (χ2n) is 6.92. The summed E-state index contributed by atoms with van der Waals surface area (Å²) in [6.45, 7) is 2.24. The average Bonchev–Trinajstić information content (AvgIpc) is 3.18. The molecule has 0 aromatic rings. The van der Waals surface area contributed by atoms with Crippen LogP contribution >= 0.6 is 0 Å². The summed E-state index contributed by atoms with van der Waals surface area (Å²) in [5.41, 5.74) is 0.960. The zero-order chi connectivity index (χ0) is 16.9. The molecule has 134 valence electrons. The van der Waals surface area contributed by atoms with Crippen molar-refractivity contribution in [3.05, 3.63) is 12.2 Å². The van der Waals surface area contributed by atoms with Crippen LogP contribution in [0, 0.1) is 11.8 Å². The summed E-state index contributed by atoms with van der Waals surface area (Å²) in [6, 6.07) is 0. The summed E-state index contributed by atoms with van der Waals surface area (Å²) in [6.07, 6.45) is 9.27. The molecule has 1 saturated carbocycles. The fourth-order valence-electron chi connectivity index (χ4n) is 3.79. The Morgan fingerprint density at radius 2 is 2.25 bits per heavy atom. The van der Waals surface area contributed by atoms with Crippen molar-refractivity contribution in [1.82, 2.24) is 0 Å². The van der Waals surface area contributed by atoms with Crippen LogP contribution in [-0.4, -0.2) is 43.9 Å². The maximum atomic E-state index is 12.2.